The molecule has 1 aliphatic rings. The lowest BCUT2D eigenvalue weighted by atomic mass is 10.0. The molecule has 3 nitrogen and oxygen atoms in total. The predicted octanol–water partition coefficient (Wildman–Crippen LogP) is 4.13. The topological polar surface area (TPSA) is 37.8 Å². The van der Waals surface area contributed by atoms with Crippen LogP contribution in [0.15, 0.2) is 6.33 Å². The molecule has 2 aromatic rings. The monoisotopic (exact) mass is 295 g/mol. The molecule has 1 aliphatic carbocycles. The highest BCUT2D eigenvalue weighted by Crippen LogP contribution is 2.49. The summed E-state index contributed by atoms with van der Waals surface area (Å²) in [5.74, 6) is 1.73. The van der Waals surface area contributed by atoms with E-state index in [1.165, 1.54) is 28.7 Å². The Kier molecular flexibility index (Phi) is 3.39. The van der Waals surface area contributed by atoms with E-state index in [9.17, 15) is 0 Å². The first kappa shape index (κ1) is 13.1. The minimum Gasteiger partial charge on any atom is -0.369 e. The first-order valence-electron chi connectivity index (χ1n) is 6.66. The van der Waals surface area contributed by atoms with Crippen LogP contribution in [0.2, 0.25) is 0 Å². The van der Waals surface area contributed by atoms with Crippen LogP contribution in [0, 0.1) is 19.3 Å². The van der Waals surface area contributed by atoms with Crippen molar-refractivity contribution < 1.29 is 0 Å². The third-order valence-electron chi connectivity index (χ3n) is 4.18. The summed E-state index contributed by atoms with van der Waals surface area (Å²) in [4.78, 5) is 11.2. The van der Waals surface area contributed by atoms with E-state index in [4.69, 9.17) is 11.6 Å². The van der Waals surface area contributed by atoms with Gasteiger partial charge in [-0.3, -0.25) is 0 Å². The smallest absolute Gasteiger partial charge is 0.138 e. The Morgan fingerprint density at radius 2 is 2.16 bits per heavy atom. The Balaban J connectivity index is 1.85. The van der Waals surface area contributed by atoms with E-state index in [1.54, 1.807) is 17.7 Å². The van der Waals surface area contributed by atoms with Crippen LogP contribution in [-0.4, -0.2) is 22.4 Å². The molecule has 1 N–H and O–H groups in total. The van der Waals surface area contributed by atoms with Crippen LogP contribution in [0.1, 0.15) is 29.7 Å². The van der Waals surface area contributed by atoms with Crippen molar-refractivity contribution in [2.24, 2.45) is 5.41 Å². The fourth-order valence-corrected chi connectivity index (χ4v) is 3.88. The zero-order valence-electron chi connectivity index (χ0n) is 11.3. The number of thiophene rings is 1. The molecular formula is C14H18ClN3S. The lowest BCUT2D eigenvalue weighted by molar-refractivity contribution is 0.524. The average molecular weight is 296 g/mol. The third kappa shape index (κ3) is 2.43. The summed E-state index contributed by atoms with van der Waals surface area (Å²) < 4.78 is 0. The van der Waals surface area contributed by atoms with Gasteiger partial charge in [-0.25, -0.2) is 9.97 Å². The lowest BCUT2D eigenvalue weighted by Crippen LogP contribution is -2.16. The maximum absolute atomic E-state index is 5.88. The summed E-state index contributed by atoms with van der Waals surface area (Å²) >= 11 is 7.62. The Morgan fingerprint density at radius 3 is 2.84 bits per heavy atom. The second-order valence-electron chi connectivity index (χ2n) is 5.48. The van der Waals surface area contributed by atoms with Crippen LogP contribution in [0.4, 0.5) is 5.82 Å². The zero-order valence-corrected chi connectivity index (χ0v) is 12.9. The number of aryl methyl sites for hydroxylation is 2. The van der Waals surface area contributed by atoms with E-state index in [0.717, 1.165) is 29.5 Å². The number of nitrogens with zero attached hydrogens (tertiary/aromatic N) is 2. The van der Waals surface area contributed by atoms with Gasteiger partial charge in [0.25, 0.3) is 0 Å². The van der Waals surface area contributed by atoms with E-state index < -0.39 is 0 Å². The molecule has 0 amide bonds. The quantitative estimate of drug-likeness (QED) is 0.843. The molecule has 102 valence electrons. The molecule has 0 aromatic carbocycles. The maximum Gasteiger partial charge on any atom is 0.138 e. The molecule has 0 aliphatic heterocycles. The van der Waals surface area contributed by atoms with Gasteiger partial charge in [0.15, 0.2) is 0 Å². The second kappa shape index (κ2) is 4.91. The maximum atomic E-state index is 5.88. The van der Waals surface area contributed by atoms with Gasteiger partial charge in [0, 0.05) is 17.3 Å². The number of hydrogen-bond donors (Lipinski definition) is 1. The minimum absolute atomic E-state index is 0.415. The van der Waals surface area contributed by atoms with Gasteiger partial charge in [-0.15, -0.1) is 22.9 Å². The van der Waals surface area contributed by atoms with Gasteiger partial charge in [-0.1, -0.05) is 0 Å². The van der Waals surface area contributed by atoms with Crippen molar-refractivity contribution in [1.82, 2.24) is 9.97 Å². The lowest BCUT2D eigenvalue weighted by Gasteiger charge is -2.15. The number of rotatable bonds is 5. The minimum atomic E-state index is 0.415. The molecule has 2 aromatic heterocycles. The van der Waals surface area contributed by atoms with E-state index >= 15 is 0 Å². The van der Waals surface area contributed by atoms with Crippen LogP contribution in [-0.2, 0) is 0 Å². The number of halogens is 1. The summed E-state index contributed by atoms with van der Waals surface area (Å²) in [6.45, 7) is 5.26. The summed E-state index contributed by atoms with van der Waals surface area (Å²) in [6.07, 6.45) is 5.31. The molecule has 2 heterocycles. The average Bonchev–Trinajstić information content (AvgIpc) is 3.10. The molecule has 0 radical (unpaired) electrons. The zero-order chi connectivity index (χ0) is 13.5. The van der Waals surface area contributed by atoms with E-state index in [-0.39, 0.29) is 0 Å². The van der Waals surface area contributed by atoms with E-state index in [2.05, 4.69) is 29.1 Å². The van der Waals surface area contributed by atoms with Crippen molar-refractivity contribution in [3.05, 3.63) is 16.8 Å². The van der Waals surface area contributed by atoms with Crippen LogP contribution < -0.4 is 5.32 Å². The molecule has 0 saturated heterocycles. The highest BCUT2D eigenvalue weighted by molar-refractivity contribution is 7.18. The number of anilines is 1. The first-order valence-corrected chi connectivity index (χ1v) is 8.01. The molecule has 5 heteroatoms. The van der Waals surface area contributed by atoms with Gasteiger partial charge in [-0.2, -0.15) is 0 Å². The fraction of sp³-hybridized carbons (Fsp3) is 0.571. The summed E-state index contributed by atoms with van der Waals surface area (Å²) in [5, 5.41) is 4.71. The Hall–Kier alpha value is -0.870. The van der Waals surface area contributed by atoms with Crippen LogP contribution in [0.25, 0.3) is 10.2 Å². The normalized spacial score (nSPS) is 16.8. The number of nitrogens with one attached hydrogen (secondary N) is 1. The molecule has 3 rings (SSSR count). The van der Waals surface area contributed by atoms with Gasteiger partial charge in [0.2, 0.25) is 0 Å². The van der Waals surface area contributed by atoms with Crippen molar-refractivity contribution >= 4 is 39.0 Å². The number of alkyl halides is 1. The summed E-state index contributed by atoms with van der Waals surface area (Å²) in [7, 11) is 0. The number of fused-ring (bicyclic) bond motifs is 1. The molecule has 1 fully saturated rings. The van der Waals surface area contributed by atoms with Crippen molar-refractivity contribution in [2.75, 3.05) is 17.7 Å². The van der Waals surface area contributed by atoms with Gasteiger partial charge in [-0.05, 0) is 44.1 Å². The Morgan fingerprint density at radius 1 is 1.37 bits per heavy atom. The highest BCUT2D eigenvalue weighted by Gasteiger charge is 2.41. The van der Waals surface area contributed by atoms with E-state index in [1.807, 2.05) is 0 Å². The summed E-state index contributed by atoms with van der Waals surface area (Å²) in [5.41, 5.74) is 1.71. The van der Waals surface area contributed by atoms with Gasteiger partial charge in [0.05, 0.1) is 5.39 Å². The largest absolute Gasteiger partial charge is 0.369 e. The van der Waals surface area contributed by atoms with Crippen molar-refractivity contribution in [3.63, 3.8) is 0 Å². The Labute approximate surface area is 122 Å². The van der Waals surface area contributed by atoms with Crippen molar-refractivity contribution in [3.8, 4) is 0 Å². The Bertz CT molecular complexity index is 604. The molecule has 0 unspecified atom stereocenters. The molecule has 0 spiro atoms. The van der Waals surface area contributed by atoms with Crippen molar-refractivity contribution in [2.45, 2.75) is 33.1 Å². The standard InChI is InChI=1S/C14H18ClN3S/c1-9-10(2)19-13-11(9)12(17-8-18-13)16-7-14(3-4-14)5-6-15/h8H,3-7H2,1-2H3,(H,16,17,18). The van der Waals surface area contributed by atoms with Crippen LogP contribution >= 0.6 is 22.9 Å². The highest BCUT2D eigenvalue weighted by atomic mass is 35.5. The van der Waals surface area contributed by atoms with Crippen LogP contribution in [0.5, 0.6) is 0 Å². The SMILES string of the molecule is Cc1sc2ncnc(NCC3(CCCl)CC3)c2c1C. The second-order valence-corrected chi connectivity index (χ2v) is 7.06. The molecule has 0 bridgehead atoms. The summed E-state index contributed by atoms with van der Waals surface area (Å²) in [6, 6.07) is 0. The van der Waals surface area contributed by atoms with Gasteiger partial charge >= 0.3 is 0 Å². The van der Waals surface area contributed by atoms with Gasteiger partial charge in [0.1, 0.15) is 17.0 Å². The predicted molar refractivity (Wildman–Crippen MR) is 82.4 cm³/mol. The molecule has 1 saturated carbocycles. The molecule has 19 heavy (non-hydrogen) atoms. The number of hydrogen-bond acceptors (Lipinski definition) is 4. The van der Waals surface area contributed by atoms with Gasteiger partial charge < -0.3 is 5.32 Å². The van der Waals surface area contributed by atoms with Crippen molar-refractivity contribution in [1.29, 1.82) is 0 Å². The molecular weight excluding hydrogens is 278 g/mol. The first-order chi connectivity index (χ1) is 9.15. The van der Waals surface area contributed by atoms with Crippen LogP contribution in [0.3, 0.4) is 0 Å². The van der Waals surface area contributed by atoms with E-state index in [0.29, 0.717) is 5.41 Å². The third-order valence-corrected chi connectivity index (χ3v) is 5.48. The fourth-order valence-electron chi connectivity index (χ4n) is 2.48. The number of aromatic nitrogens is 2. The molecule has 0 atom stereocenters.